The van der Waals surface area contributed by atoms with Gasteiger partial charge in [0.15, 0.2) is 8.32 Å². The molecule has 0 amide bonds. The minimum Gasteiger partial charge on any atom is -0.466 e. The lowest BCUT2D eigenvalue weighted by molar-refractivity contribution is -0.134. The van der Waals surface area contributed by atoms with Crippen molar-refractivity contribution in [1.29, 1.82) is 0 Å². The number of fused-ring (bicyclic) bond motifs is 2. The van der Waals surface area contributed by atoms with Crippen LogP contribution in [0.5, 0.6) is 0 Å². The Hall–Kier alpha value is -2.67. The summed E-state index contributed by atoms with van der Waals surface area (Å²) < 4.78 is 13.8. The summed E-state index contributed by atoms with van der Waals surface area (Å²) in [7, 11) is -0.405. The Morgan fingerprint density at radius 3 is 2.66 bits per heavy atom. The van der Waals surface area contributed by atoms with Crippen molar-refractivity contribution in [3.8, 4) is 0 Å². The van der Waals surface area contributed by atoms with Gasteiger partial charge < -0.3 is 13.7 Å². The minimum absolute atomic E-state index is 0.202. The summed E-state index contributed by atoms with van der Waals surface area (Å²) in [5, 5.41) is 1.53. The lowest BCUT2D eigenvalue weighted by Crippen LogP contribution is -2.43. The van der Waals surface area contributed by atoms with Crippen LogP contribution >= 0.6 is 0 Å². The Bertz CT molecular complexity index is 1300. The average molecular weight is 533 g/mol. The van der Waals surface area contributed by atoms with Crippen molar-refractivity contribution < 1.29 is 14.0 Å². The summed E-state index contributed by atoms with van der Waals surface area (Å²) in [6, 6.07) is 15.6. The molecule has 204 valence electrons. The molecule has 1 aliphatic rings. The van der Waals surface area contributed by atoms with E-state index in [4.69, 9.17) is 9.16 Å². The van der Waals surface area contributed by atoms with Crippen molar-refractivity contribution in [2.24, 2.45) is 0 Å². The van der Waals surface area contributed by atoms with E-state index in [1.54, 1.807) is 0 Å². The molecule has 1 heterocycles. The van der Waals surface area contributed by atoms with Gasteiger partial charge in [-0.15, -0.1) is 0 Å². The van der Waals surface area contributed by atoms with E-state index < -0.39 is 8.32 Å². The van der Waals surface area contributed by atoms with Gasteiger partial charge in [0.25, 0.3) is 0 Å². The highest BCUT2D eigenvalue weighted by molar-refractivity contribution is 6.74. The van der Waals surface area contributed by atoms with Crippen molar-refractivity contribution in [2.45, 2.75) is 71.3 Å². The van der Waals surface area contributed by atoms with Crippen LogP contribution in [-0.2, 0) is 26.9 Å². The van der Waals surface area contributed by atoms with E-state index in [9.17, 15) is 4.79 Å². The van der Waals surface area contributed by atoms with E-state index in [2.05, 4.69) is 98.9 Å². The SMILES string of the molecule is COC(=O)/C=C/c1ccc2c(c1)CCC2N(CCO[Si](C)(C)C(C)(C)C)CCn1cc(C)c2ccccc21. The molecule has 0 bridgehead atoms. The summed E-state index contributed by atoms with van der Waals surface area (Å²) in [5.74, 6) is -0.330. The highest BCUT2D eigenvalue weighted by atomic mass is 28.4. The van der Waals surface area contributed by atoms with Gasteiger partial charge >= 0.3 is 5.97 Å². The first-order chi connectivity index (χ1) is 18.0. The molecular weight excluding hydrogens is 488 g/mol. The number of esters is 1. The van der Waals surface area contributed by atoms with Gasteiger partial charge in [-0.3, -0.25) is 4.90 Å². The van der Waals surface area contributed by atoms with Gasteiger partial charge in [-0.25, -0.2) is 4.79 Å². The molecule has 0 saturated heterocycles. The summed E-state index contributed by atoms with van der Waals surface area (Å²) in [5.41, 5.74) is 6.45. The fraction of sp³-hybridized carbons (Fsp3) is 0.469. The Kier molecular flexibility index (Phi) is 8.65. The molecule has 0 N–H and O–H groups in total. The molecule has 1 unspecified atom stereocenters. The zero-order valence-corrected chi connectivity index (χ0v) is 25.2. The number of para-hydroxylation sites is 1. The topological polar surface area (TPSA) is 43.7 Å². The van der Waals surface area contributed by atoms with Gasteiger partial charge in [0.2, 0.25) is 0 Å². The fourth-order valence-electron chi connectivity index (χ4n) is 5.24. The van der Waals surface area contributed by atoms with Gasteiger partial charge in [0.1, 0.15) is 0 Å². The van der Waals surface area contributed by atoms with Crippen LogP contribution in [0.3, 0.4) is 0 Å². The summed E-state index contributed by atoms with van der Waals surface area (Å²) in [4.78, 5) is 14.2. The van der Waals surface area contributed by atoms with Crippen LogP contribution in [-0.4, -0.2) is 50.6 Å². The Labute approximate surface area is 229 Å². The van der Waals surface area contributed by atoms with E-state index in [0.717, 1.165) is 44.6 Å². The van der Waals surface area contributed by atoms with Crippen LogP contribution < -0.4 is 0 Å². The molecule has 38 heavy (non-hydrogen) atoms. The normalized spacial score (nSPS) is 16.1. The van der Waals surface area contributed by atoms with Gasteiger partial charge in [0, 0.05) is 55.5 Å². The third kappa shape index (κ3) is 6.30. The molecule has 6 heteroatoms. The lowest BCUT2D eigenvalue weighted by atomic mass is 10.0. The first kappa shape index (κ1) is 28.3. The Morgan fingerprint density at radius 2 is 1.92 bits per heavy atom. The number of aryl methyl sites for hydroxylation is 2. The quantitative estimate of drug-likeness (QED) is 0.158. The number of hydrogen-bond donors (Lipinski definition) is 0. The number of methoxy groups -OCH3 is 1. The molecule has 0 spiro atoms. The smallest absolute Gasteiger partial charge is 0.330 e. The van der Waals surface area contributed by atoms with Gasteiger partial charge in [0.05, 0.1) is 7.11 Å². The first-order valence-electron chi connectivity index (χ1n) is 13.8. The second kappa shape index (κ2) is 11.6. The predicted octanol–water partition coefficient (Wildman–Crippen LogP) is 7.15. The zero-order chi connectivity index (χ0) is 27.5. The van der Waals surface area contributed by atoms with Crippen LogP contribution in [0.1, 0.15) is 55.5 Å². The van der Waals surface area contributed by atoms with Crippen LogP contribution in [0.25, 0.3) is 17.0 Å². The van der Waals surface area contributed by atoms with Gasteiger partial charge in [-0.05, 0) is 72.3 Å². The maximum atomic E-state index is 11.5. The summed E-state index contributed by atoms with van der Waals surface area (Å²) in [6.07, 6.45) is 7.76. The van der Waals surface area contributed by atoms with Crippen molar-refractivity contribution in [3.63, 3.8) is 0 Å². The predicted molar refractivity (Wildman–Crippen MR) is 160 cm³/mol. The van der Waals surface area contributed by atoms with Crippen molar-refractivity contribution in [2.75, 3.05) is 26.8 Å². The van der Waals surface area contributed by atoms with Crippen LogP contribution in [0.2, 0.25) is 18.1 Å². The number of carbonyl (C=O) groups excluding carboxylic acids is 1. The fourth-order valence-corrected chi connectivity index (χ4v) is 6.27. The second-order valence-corrected chi connectivity index (χ2v) is 16.8. The standard InChI is InChI=1S/C32H44N2O3Si/c1-24-23-34(29-11-9-8-10-27(24)29)19-18-33(20-21-37-38(6,7)32(2,3)4)30-16-14-26-22-25(12-15-28(26)30)13-17-31(35)36-5/h8-13,15,17,22-23,30H,14,16,18-21H2,1-7H3/b17-13+. The van der Waals surface area contributed by atoms with E-state index in [-0.39, 0.29) is 11.0 Å². The molecular formula is C32H44N2O3Si. The molecule has 1 aromatic heterocycles. The Morgan fingerprint density at radius 1 is 1.16 bits per heavy atom. The van der Waals surface area contributed by atoms with Crippen molar-refractivity contribution in [1.82, 2.24) is 9.47 Å². The first-order valence-corrected chi connectivity index (χ1v) is 16.7. The maximum absolute atomic E-state index is 11.5. The number of hydrogen-bond acceptors (Lipinski definition) is 4. The van der Waals surface area contributed by atoms with E-state index >= 15 is 0 Å². The highest BCUT2D eigenvalue weighted by Gasteiger charge is 2.37. The van der Waals surface area contributed by atoms with Crippen LogP contribution in [0.4, 0.5) is 0 Å². The van der Waals surface area contributed by atoms with Crippen molar-refractivity contribution in [3.05, 3.63) is 77.0 Å². The number of ether oxygens (including phenoxy) is 1. The molecule has 3 aromatic rings. The third-order valence-corrected chi connectivity index (χ3v) is 13.1. The average Bonchev–Trinajstić information content (AvgIpc) is 3.44. The van der Waals surface area contributed by atoms with Crippen LogP contribution in [0.15, 0.2) is 54.7 Å². The molecule has 0 saturated carbocycles. The van der Waals surface area contributed by atoms with E-state index in [1.807, 2.05) is 6.08 Å². The Balaban J connectivity index is 1.54. The maximum Gasteiger partial charge on any atom is 0.330 e. The zero-order valence-electron chi connectivity index (χ0n) is 24.2. The molecule has 1 atom stereocenters. The molecule has 5 nitrogen and oxygen atoms in total. The number of aromatic nitrogens is 1. The lowest BCUT2D eigenvalue weighted by Gasteiger charge is -2.37. The largest absolute Gasteiger partial charge is 0.466 e. The van der Waals surface area contributed by atoms with Gasteiger partial charge in [-0.2, -0.15) is 0 Å². The number of nitrogens with zero attached hydrogens (tertiary/aromatic N) is 2. The minimum atomic E-state index is -1.81. The summed E-state index contributed by atoms with van der Waals surface area (Å²) in [6.45, 7) is 17.4. The van der Waals surface area contributed by atoms with E-state index in [1.165, 1.54) is 40.8 Å². The van der Waals surface area contributed by atoms with Gasteiger partial charge in [-0.1, -0.05) is 57.2 Å². The molecule has 2 aromatic carbocycles. The van der Waals surface area contributed by atoms with E-state index in [0.29, 0.717) is 6.04 Å². The van der Waals surface area contributed by atoms with Crippen LogP contribution in [0, 0.1) is 6.92 Å². The number of rotatable bonds is 10. The molecule has 0 radical (unpaired) electrons. The number of benzene rings is 2. The molecule has 0 aliphatic heterocycles. The number of carbonyl (C=O) groups is 1. The highest BCUT2D eigenvalue weighted by Crippen LogP contribution is 2.38. The molecule has 0 fully saturated rings. The second-order valence-electron chi connectivity index (χ2n) is 12.0. The third-order valence-electron chi connectivity index (χ3n) is 8.53. The summed E-state index contributed by atoms with van der Waals surface area (Å²) >= 11 is 0. The molecule has 4 rings (SSSR count). The molecule has 1 aliphatic carbocycles. The monoisotopic (exact) mass is 532 g/mol. The van der Waals surface area contributed by atoms with Crippen molar-refractivity contribution >= 4 is 31.3 Å².